The van der Waals surface area contributed by atoms with Crippen molar-refractivity contribution < 1.29 is 19.1 Å². The van der Waals surface area contributed by atoms with Gasteiger partial charge in [-0.25, -0.2) is 4.39 Å². The molecule has 0 aliphatic carbocycles. The maximum Gasteiger partial charge on any atom is 0.308 e. The Kier molecular flexibility index (Phi) is 4.09. The number of likely N-dealkylation sites (tertiary alicyclic amines) is 1. The Morgan fingerprint density at radius 3 is 2.75 bits per heavy atom. The Morgan fingerprint density at radius 2 is 2.04 bits per heavy atom. The average Bonchev–Trinajstić information content (AvgIpc) is 2.53. The highest BCUT2D eigenvalue weighted by Gasteiger charge is 2.33. The first kappa shape index (κ1) is 16.2. The van der Waals surface area contributed by atoms with Gasteiger partial charge in [0, 0.05) is 24.0 Å². The van der Waals surface area contributed by atoms with Gasteiger partial charge in [-0.15, -0.1) is 0 Å². The van der Waals surface area contributed by atoms with Crippen LogP contribution in [0.3, 0.4) is 0 Å². The highest BCUT2D eigenvalue weighted by Crippen LogP contribution is 2.26. The van der Waals surface area contributed by atoms with Crippen molar-refractivity contribution in [2.45, 2.75) is 25.8 Å². The van der Waals surface area contributed by atoms with E-state index in [0.717, 1.165) is 6.07 Å². The van der Waals surface area contributed by atoms with Gasteiger partial charge in [-0.1, -0.05) is 0 Å². The van der Waals surface area contributed by atoms with Crippen LogP contribution in [0.2, 0.25) is 0 Å². The van der Waals surface area contributed by atoms with Crippen molar-refractivity contribution >= 4 is 22.8 Å². The molecule has 1 fully saturated rings. The molecule has 2 N–H and O–H groups in total. The number of aromatic nitrogens is 1. The van der Waals surface area contributed by atoms with Crippen molar-refractivity contribution in [3.05, 3.63) is 46.0 Å². The highest BCUT2D eigenvalue weighted by atomic mass is 19.1. The number of piperidine rings is 1. The molecule has 0 bridgehead atoms. The van der Waals surface area contributed by atoms with E-state index in [-0.39, 0.29) is 23.7 Å². The zero-order chi connectivity index (χ0) is 17.4. The first-order valence-electron chi connectivity index (χ1n) is 7.73. The quantitative estimate of drug-likeness (QED) is 0.880. The summed E-state index contributed by atoms with van der Waals surface area (Å²) in [5.41, 5.74) is -0.104. The summed E-state index contributed by atoms with van der Waals surface area (Å²) >= 11 is 0. The Balaban J connectivity index is 2.04. The fourth-order valence-corrected chi connectivity index (χ4v) is 3.16. The van der Waals surface area contributed by atoms with Crippen LogP contribution in [0.25, 0.3) is 10.9 Å². The van der Waals surface area contributed by atoms with Crippen molar-refractivity contribution in [1.82, 2.24) is 9.88 Å². The topological polar surface area (TPSA) is 90.5 Å². The number of fused-ring (bicyclic) bond motifs is 1. The van der Waals surface area contributed by atoms with E-state index in [1.54, 1.807) is 0 Å². The van der Waals surface area contributed by atoms with Crippen LogP contribution in [0.4, 0.5) is 4.39 Å². The van der Waals surface area contributed by atoms with Gasteiger partial charge < -0.3 is 15.0 Å². The lowest BCUT2D eigenvalue weighted by Crippen LogP contribution is -2.47. The molecule has 7 heteroatoms. The SMILES string of the molecule is CC1CCC(C(=O)O)CN1C(=O)c1cc(=O)[nH]c2cc(F)ccc12. The zero-order valence-corrected chi connectivity index (χ0v) is 13.1. The molecule has 2 heterocycles. The molecule has 1 saturated heterocycles. The van der Waals surface area contributed by atoms with Crippen molar-refractivity contribution in [1.29, 1.82) is 0 Å². The zero-order valence-electron chi connectivity index (χ0n) is 13.1. The molecule has 2 atom stereocenters. The van der Waals surface area contributed by atoms with Crippen molar-refractivity contribution in [2.75, 3.05) is 6.54 Å². The number of carbonyl (C=O) groups excluding carboxylic acids is 1. The molecule has 1 aromatic heterocycles. The van der Waals surface area contributed by atoms with E-state index in [1.165, 1.54) is 23.1 Å². The molecule has 1 aliphatic heterocycles. The number of carboxylic acid groups (broad SMARTS) is 1. The minimum atomic E-state index is -0.933. The van der Waals surface area contributed by atoms with Crippen LogP contribution in [-0.2, 0) is 4.79 Å². The number of amides is 1. The molecule has 0 spiro atoms. The first-order chi connectivity index (χ1) is 11.4. The number of rotatable bonds is 2. The minimum absolute atomic E-state index is 0.102. The Morgan fingerprint density at radius 1 is 1.29 bits per heavy atom. The van der Waals surface area contributed by atoms with E-state index in [0.29, 0.717) is 18.2 Å². The molecular formula is C17H17FN2O4. The van der Waals surface area contributed by atoms with Gasteiger partial charge in [-0.05, 0) is 38.0 Å². The van der Waals surface area contributed by atoms with Gasteiger partial charge in [0.2, 0.25) is 5.56 Å². The molecule has 3 rings (SSSR count). The van der Waals surface area contributed by atoms with Gasteiger partial charge in [-0.3, -0.25) is 14.4 Å². The fourth-order valence-electron chi connectivity index (χ4n) is 3.16. The maximum atomic E-state index is 13.4. The number of hydrogen-bond donors (Lipinski definition) is 2. The standard InChI is InChI=1S/C17H17FN2O4/c1-9-2-3-10(17(23)24)8-20(9)16(22)13-7-15(21)19-14-6-11(18)4-5-12(13)14/h4-7,9-10H,2-3,8H2,1H3,(H,19,21)(H,23,24). The molecule has 0 saturated carbocycles. The van der Waals surface area contributed by atoms with Gasteiger partial charge >= 0.3 is 5.97 Å². The summed E-state index contributed by atoms with van der Waals surface area (Å²) in [6.45, 7) is 1.95. The molecule has 1 aromatic carbocycles. The predicted molar refractivity (Wildman–Crippen MR) is 85.4 cm³/mol. The number of carbonyl (C=O) groups is 2. The summed E-state index contributed by atoms with van der Waals surface area (Å²) in [5.74, 6) is -2.47. The summed E-state index contributed by atoms with van der Waals surface area (Å²) in [4.78, 5) is 40.0. The number of aromatic amines is 1. The predicted octanol–water partition coefficient (Wildman–Crippen LogP) is 1.99. The summed E-state index contributed by atoms with van der Waals surface area (Å²) in [6, 6.07) is 4.88. The van der Waals surface area contributed by atoms with Crippen LogP contribution in [0.1, 0.15) is 30.1 Å². The number of pyridine rings is 1. The minimum Gasteiger partial charge on any atom is -0.481 e. The number of hydrogen-bond acceptors (Lipinski definition) is 3. The van der Waals surface area contributed by atoms with Crippen molar-refractivity contribution in [3.8, 4) is 0 Å². The third kappa shape index (κ3) is 2.89. The lowest BCUT2D eigenvalue weighted by molar-refractivity contribution is -0.143. The number of nitrogens with zero attached hydrogens (tertiary/aromatic N) is 1. The smallest absolute Gasteiger partial charge is 0.308 e. The third-order valence-electron chi connectivity index (χ3n) is 4.53. The Hall–Kier alpha value is -2.70. The van der Waals surface area contributed by atoms with Crippen LogP contribution < -0.4 is 5.56 Å². The molecule has 24 heavy (non-hydrogen) atoms. The van der Waals surface area contributed by atoms with Crippen molar-refractivity contribution in [2.24, 2.45) is 5.92 Å². The van der Waals surface area contributed by atoms with E-state index in [4.69, 9.17) is 0 Å². The molecule has 126 valence electrons. The van der Waals surface area contributed by atoms with Crippen LogP contribution in [0.15, 0.2) is 29.1 Å². The molecule has 1 amide bonds. The summed E-state index contributed by atoms with van der Waals surface area (Å²) in [7, 11) is 0. The van der Waals surface area contributed by atoms with Gasteiger partial charge in [0.1, 0.15) is 5.82 Å². The van der Waals surface area contributed by atoms with Crippen LogP contribution in [0.5, 0.6) is 0 Å². The number of nitrogens with one attached hydrogen (secondary N) is 1. The van der Waals surface area contributed by atoms with Gasteiger partial charge in [0.15, 0.2) is 0 Å². The lowest BCUT2D eigenvalue weighted by atomic mass is 9.92. The van der Waals surface area contributed by atoms with Crippen LogP contribution in [-0.4, -0.2) is 39.5 Å². The highest BCUT2D eigenvalue weighted by molar-refractivity contribution is 6.06. The van der Waals surface area contributed by atoms with E-state index in [1.807, 2.05) is 6.92 Å². The van der Waals surface area contributed by atoms with Crippen LogP contribution in [0, 0.1) is 11.7 Å². The second-order valence-corrected chi connectivity index (χ2v) is 6.16. The number of aliphatic carboxylic acids is 1. The van der Waals surface area contributed by atoms with Crippen LogP contribution >= 0.6 is 0 Å². The fraction of sp³-hybridized carbons (Fsp3) is 0.353. The molecule has 6 nitrogen and oxygen atoms in total. The maximum absolute atomic E-state index is 13.4. The van der Waals surface area contributed by atoms with Crippen molar-refractivity contribution in [3.63, 3.8) is 0 Å². The van der Waals surface area contributed by atoms with Gasteiger partial charge in [0.25, 0.3) is 5.91 Å². The van der Waals surface area contributed by atoms with Gasteiger partial charge in [-0.2, -0.15) is 0 Å². The van der Waals surface area contributed by atoms with E-state index >= 15 is 0 Å². The molecule has 2 aromatic rings. The number of carboxylic acids is 1. The van der Waals surface area contributed by atoms with Gasteiger partial charge in [0.05, 0.1) is 17.0 Å². The van der Waals surface area contributed by atoms with E-state index < -0.39 is 29.2 Å². The van der Waals surface area contributed by atoms with E-state index in [2.05, 4.69) is 4.98 Å². The summed E-state index contributed by atoms with van der Waals surface area (Å²) < 4.78 is 13.4. The monoisotopic (exact) mass is 332 g/mol. The Bertz CT molecular complexity index is 877. The molecule has 1 aliphatic rings. The number of H-pyrrole nitrogens is 1. The normalized spacial score (nSPS) is 21.0. The average molecular weight is 332 g/mol. The third-order valence-corrected chi connectivity index (χ3v) is 4.53. The Labute approximate surface area is 136 Å². The lowest BCUT2D eigenvalue weighted by Gasteiger charge is -2.36. The molecule has 2 unspecified atom stereocenters. The first-order valence-corrected chi connectivity index (χ1v) is 7.73. The summed E-state index contributed by atoms with van der Waals surface area (Å²) in [5, 5.41) is 9.64. The second kappa shape index (κ2) is 6.07. The summed E-state index contributed by atoms with van der Waals surface area (Å²) in [6.07, 6.45) is 1.10. The van der Waals surface area contributed by atoms with E-state index in [9.17, 15) is 23.9 Å². The molecule has 0 radical (unpaired) electrons. The number of halogens is 1. The second-order valence-electron chi connectivity index (χ2n) is 6.16. The molecular weight excluding hydrogens is 315 g/mol. The largest absolute Gasteiger partial charge is 0.481 e. The number of benzene rings is 1.